The number of hydrogen-bond donors (Lipinski definition) is 1. The first-order valence-corrected chi connectivity index (χ1v) is 9.05. The van der Waals surface area contributed by atoms with Gasteiger partial charge >= 0.3 is 5.97 Å². The lowest BCUT2D eigenvalue weighted by atomic mass is 9.95. The van der Waals surface area contributed by atoms with E-state index < -0.39 is 5.97 Å². The van der Waals surface area contributed by atoms with Crippen LogP contribution in [0.1, 0.15) is 50.0 Å². The topological polar surface area (TPSA) is 84.1 Å². The minimum Gasteiger partial charge on any atom is -0.481 e. The highest BCUT2D eigenvalue weighted by Crippen LogP contribution is 2.29. The van der Waals surface area contributed by atoms with E-state index in [9.17, 15) is 14.3 Å². The Bertz CT molecular complexity index is 725. The lowest BCUT2D eigenvalue weighted by Gasteiger charge is -2.35. The van der Waals surface area contributed by atoms with Crippen molar-refractivity contribution in [2.24, 2.45) is 5.92 Å². The smallest absolute Gasteiger partial charge is 0.306 e. The van der Waals surface area contributed by atoms with Crippen LogP contribution in [0.3, 0.4) is 0 Å². The third kappa shape index (κ3) is 4.24. The number of carboxylic acids is 1. The molecule has 7 nitrogen and oxygen atoms in total. The van der Waals surface area contributed by atoms with Gasteiger partial charge in [-0.3, -0.25) is 9.69 Å². The van der Waals surface area contributed by atoms with Crippen molar-refractivity contribution in [3.63, 3.8) is 0 Å². The molecule has 0 spiro atoms. The highest BCUT2D eigenvalue weighted by Gasteiger charge is 2.31. The molecule has 2 aromatic rings. The second-order valence-corrected chi connectivity index (χ2v) is 6.77. The highest BCUT2D eigenvalue weighted by atomic mass is 19.1. The molecule has 0 saturated carbocycles. The Morgan fingerprint density at radius 3 is 2.62 bits per heavy atom. The van der Waals surface area contributed by atoms with Crippen molar-refractivity contribution in [2.45, 2.75) is 45.2 Å². The average molecular weight is 361 g/mol. The number of aromatic nitrogens is 4. The van der Waals surface area contributed by atoms with Crippen LogP contribution in [0.2, 0.25) is 0 Å². The molecule has 1 N–H and O–H groups in total. The largest absolute Gasteiger partial charge is 0.481 e. The SMILES string of the molecule is CCCC(c1nnnn1Cc1ccc(F)cc1)N1CCC(C(=O)O)CC1. The fourth-order valence-electron chi connectivity index (χ4n) is 3.53. The molecular formula is C18H24FN5O2. The van der Waals surface area contributed by atoms with Gasteiger partial charge in [0, 0.05) is 0 Å². The van der Waals surface area contributed by atoms with Gasteiger partial charge in [0.15, 0.2) is 5.82 Å². The van der Waals surface area contributed by atoms with Gasteiger partial charge in [0.1, 0.15) is 5.82 Å². The molecule has 1 aliphatic rings. The number of likely N-dealkylation sites (tertiary alicyclic amines) is 1. The Morgan fingerprint density at radius 1 is 1.31 bits per heavy atom. The first-order chi connectivity index (χ1) is 12.6. The third-order valence-electron chi connectivity index (χ3n) is 4.98. The van der Waals surface area contributed by atoms with Crippen LogP contribution in [0, 0.1) is 11.7 Å². The molecule has 3 rings (SSSR count). The standard InChI is InChI=1S/C18H24FN5O2/c1-2-3-16(23-10-8-14(9-11-23)18(25)26)17-20-21-22-24(17)12-13-4-6-15(19)7-5-13/h4-7,14,16H,2-3,8-12H2,1H3,(H,25,26). The van der Waals surface area contributed by atoms with Crippen molar-refractivity contribution in [3.8, 4) is 0 Å². The number of nitrogens with zero attached hydrogens (tertiary/aromatic N) is 5. The highest BCUT2D eigenvalue weighted by molar-refractivity contribution is 5.70. The summed E-state index contributed by atoms with van der Waals surface area (Å²) in [5, 5.41) is 21.4. The normalized spacial score (nSPS) is 17.3. The van der Waals surface area contributed by atoms with E-state index in [1.54, 1.807) is 16.8 Å². The van der Waals surface area contributed by atoms with Crippen LogP contribution in [0.4, 0.5) is 4.39 Å². The van der Waals surface area contributed by atoms with Crippen molar-refractivity contribution in [2.75, 3.05) is 13.1 Å². The molecule has 8 heteroatoms. The number of rotatable bonds is 7. The molecule has 1 unspecified atom stereocenters. The summed E-state index contributed by atoms with van der Waals surface area (Å²) >= 11 is 0. The number of carbonyl (C=O) groups is 1. The molecule has 26 heavy (non-hydrogen) atoms. The molecule has 0 radical (unpaired) electrons. The van der Waals surface area contributed by atoms with Crippen molar-refractivity contribution in [1.29, 1.82) is 0 Å². The number of benzene rings is 1. The third-order valence-corrected chi connectivity index (χ3v) is 4.98. The van der Waals surface area contributed by atoms with E-state index in [2.05, 4.69) is 27.3 Å². The van der Waals surface area contributed by atoms with Crippen LogP contribution in [0.25, 0.3) is 0 Å². The maximum absolute atomic E-state index is 13.1. The Kier molecular flexibility index (Phi) is 5.92. The number of hydrogen-bond acceptors (Lipinski definition) is 5. The molecule has 1 fully saturated rings. The molecule has 1 saturated heterocycles. The van der Waals surface area contributed by atoms with Gasteiger partial charge in [-0.15, -0.1) is 5.10 Å². The van der Waals surface area contributed by atoms with Crippen molar-refractivity contribution in [3.05, 3.63) is 41.5 Å². The predicted octanol–water partition coefficient (Wildman–Crippen LogP) is 2.50. The van der Waals surface area contributed by atoms with E-state index in [0.29, 0.717) is 19.4 Å². The van der Waals surface area contributed by atoms with Crippen molar-refractivity contribution >= 4 is 5.97 Å². The summed E-state index contributed by atoms with van der Waals surface area (Å²) in [6, 6.07) is 6.38. The Morgan fingerprint density at radius 2 is 2.00 bits per heavy atom. The number of halogens is 1. The molecule has 0 amide bonds. The van der Waals surface area contributed by atoms with Crippen molar-refractivity contribution < 1.29 is 14.3 Å². The van der Waals surface area contributed by atoms with Crippen LogP contribution >= 0.6 is 0 Å². The zero-order chi connectivity index (χ0) is 18.5. The summed E-state index contributed by atoms with van der Waals surface area (Å²) in [4.78, 5) is 13.5. The van der Waals surface area contributed by atoms with Gasteiger partial charge in [-0.1, -0.05) is 25.5 Å². The maximum Gasteiger partial charge on any atom is 0.306 e. The molecule has 140 valence electrons. The summed E-state index contributed by atoms with van der Waals surface area (Å²) in [5.74, 6) is -0.456. The van der Waals surface area contributed by atoms with E-state index in [-0.39, 0.29) is 17.8 Å². The summed E-state index contributed by atoms with van der Waals surface area (Å²) in [5.41, 5.74) is 0.930. The van der Waals surface area contributed by atoms with Crippen LogP contribution < -0.4 is 0 Å². The van der Waals surface area contributed by atoms with Gasteiger partial charge in [-0.05, 0) is 60.5 Å². The minimum atomic E-state index is -0.710. The molecule has 0 bridgehead atoms. The predicted molar refractivity (Wildman–Crippen MR) is 92.9 cm³/mol. The molecule has 1 aromatic heterocycles. The van der Waals surface area contributed by atoms with E-state index in [1.165, 1.54) is 12.1 Å². The molecular weight excluding hydrogens is 337 g/mol. The fourth-order valence-corrected chi connectivity index (χ4v) is 3.53. The number of piperidine rings is 1. The lowest BCUT2D eigenvalue weighted by Crippen LogP contribution is -2.39. The van der Waals surface area contributed by atoms with E-state index in [0.717, 1.165) is 37.3 Å². The maximum atomic E-state index is 13.1. The second-order valence-electron chi connectivity index (χ2n) is 6.77. The van der Waals surface area contributed by atoms with Crippen LogP contribution in [-0.4, -0.2) is 49.3 Å². The monoisotopic (exact) mass is 361 g/mol. The summed E-state index contributed by atoms with van der Waals surface area (Å²) in [6.07, 6.45) is 3.18. The number of carboxylic acid groups (broad SMARTS) is 1. The van der Waals surface area contributed by atoms with Gasteiger partial charge < -0.3 is 5.11 Å². The van der Waals surface area contributed by atoms with Gasteiger partial charge in [0.05, 0.1) is 18.5 Å². The molecule has 1 atom stereocenters. The van der Waals surface area contributed by atoms with Gasteiger partial charge in [0.2, 0.25) is 0 Å². The summed E-state index contributed by atoms with van der Waals surface area (Å²) in [7, 11) is 0. The zero-order valence-electron chi connectivity index (χ0n) is 14.9. The number of aliphatic carboxylic acids is 1. The zero-order valence-corrected chi connectivity index (χ0v) is 14.9. The van der Waals surface area contributed by atoms with Crippen LogP contribution in [0.5, 0.6) is 0 Å². The Labute approximate surface area is 151 Å². The van der Waals surface area contributed by atoms with Gasteiger partial charge in [-0.25, -0.2) is 9.07 Å². The Hall–Kier alpha value is -2.35. The summed E-state index contributed by atoms with van der Waals surface area (Å²) in [6.45, 7) is 4.05. The lowest BCUT2D eigenvalue weighted by molar-refractivity contribution is -0.143. The van der Waals surface area contributed by atoms with Gasteiger partial charge in [0.25, 0.3) is 0 Å². The Balaban J connectivity index is 1.75. The number of tetrazole rings is 1. The van der Waals surface area contributed by atoms with Gasteiger partial charge in [-0.2, -0.15) is 0 Å². The molecule has 1 aliphatic heterocycles. The van der Waals surface area contributed by atoms with E-state index in [1.807, 2.05) is 0 Å². The first-order valence-electron chi connectivity index (χ1n) is 9.05. The quantitative estimate of drug-likeness (QED) is 0.816. The average Bonchev–Trinajstić information content (AvgIpc) is 3.09. The second kappa shape index (κ2) is 8.35. The van der Waals surface area contributed by atoms with E-state index in [4.69, 9.17) is 0 Å². The summed E-state index contributed by atoms with van der Waals surface area (Å²) < 4.78 is 14.9. The minimum absolute atomic E-state index is 0.0604. The first kappa shape index (κ1) is 18.4. The molecule has 0 aliphatic carbocycles. The fraction of sp³-hybridized carbons (Fsp3) is 0.556. The van der Waals surface area contributed by atoms with Crippen LogP contribution in [-0.2, 0) is 11.3 Å². The molecule has 1 aromatic carbocycles. The van der Waals surface area contributed by atoms with E-state index >= 15 is 0 Å². The van der Waals surface area contributed by atoms with Crippen LogP contribution in [0.15, 0.2) is 24.3 Å². The molecule has 2 heterocycles. The van der Waals surface area contributed by atoms with Crippen molar-refractivity contribution in [1.82, 2.24) is 25.1 Å².